The molecule has 4 rings (SSSR count). The maximum Gasteiger partial charge on any atom is 0.227 e. The van der Waals surface area contributed by atoms with Gasteiger partial charge in [0.05, 0.1) is 13.0 Å². The Morgan fingerprint density at radius 1 is 1.19 bits per heavy atom. The largest absolute Gasteiger partial charge is 0.342 e. The molecule has 0 aliphatic carbocycles. The van der Waals surface area contributed by atoms with Gasteiger partial charge in [-0.15, -0.1) is 22.6 Å². The molecule has 2 aliphatic rings. The number of rotatable bonds is 3. The van der Waals surface area contributed by atoms with Crippen LogP contribution in [0.2, 0.25) is 0 Å². The van der Waals surface area contributed by atoms with Crippen LogP contribution < -0.4 is 5.32 Å². The number of halogens is 1. The van der Waals surface area contributed by atoms with E-state index in [2.05, 4.69) is 52.1 Å². The highest BCUT2D eigenvalue weighted by molar-refractivity contribution is 5.85. The van der Waals surface area contributed by atoms with E-state index in [1.54, 1.807) is 0 Å². The van der Waals surface area contributed by atoms with E-state index in [1.807, 2.05) is 4.90 Å². The summed E-state index contributed by atoms with van der Waals surface area (Å²) in [5, 5.41) is 12.1. The Morgan fingerprint density at radius 2 is 1.96 bits per heavy atom. The second-order valence-electron chi connectivity index (χ2n) is 7.56. The number of amides is 1. The summed E-state index contributed by atoms with van der Waals surface area (Å²) < 4.78 is 2.27. The number of hydrogen-bond donors (Lipinski definition) is 1. The van der Waals surface area contributed by atoms with E-state index in [0.717, 1.165) is 62.8 Å². The summed E-state index contributed by atoms with van der Waals surface area (Å²) in [5.74, 6) is 2.81. The van der Waals surface area contributed by atoms with Crippen molar-refractivity contribution in [3.63, 3.8) is 0 Å². The van der Waals surface area contributed by atoms with Gasteiger partial charge >= 0.3 is 0 Å². The molecule has 27 heavy (non-hydrogen) atoms. The third-order valence-electron chi connectivity index (χ3n) is 5.71. The lowest BCUT2D eigenvalue weighted by atomic mass is 9.95. The molecule has 0 unspecified atom stereocenters. The predicted molar refractivity (Wildman–Crippen MR) is 107 cm³/mol. The number of carbonyl (C=O) groups excluding carboxylic acids is 1. The number of hydrogen-bond acceptors (Lipinski definition) is 4. The fourth-order valence-corrected chi connectivity index (χ4v) is 4.07. The number of fused-ring (bicyclic) bond motifs is 1. The molecule has 1 fully saturated rings. The van der Waals surface area contributed by atoms with Gasteiger partial charge in [-0.1, -0.05) is 23.8 Å². The van der Waals surface area contributed by atoms with Crippen molar-refractivity contribution < 1.29 is 4.79 Å². The molecule has 0 radical (unpaired) electrons. The van der Waals surface area contributed by atoms with Crippen LogP contribution in [0.5, 0.6) is 0 Å². The first-order valence-electron chi connectivity index (χ1n) is 9.58. The van der Waals surface area contributed by atoms with Gasteiger partial charge in [-0.2, -0.15) is 0 Å². The van der Waals surface area contributed by atoms with Gasteiger partial charge in [-0.05, 0) is 37.8 Å². The number of nitrogens with zero attached hydrogens (tertiary/aromatic N) is 4. The van der Waals surface area contributed by atoms with Crippen molar-refractivity contribution in [1.29, 1.82) is 0 Å². The van der Waals surface area contributed by atoms with Crippen LogP contribution in [0, 0.1) is 13.8 Å². The summed E-state index contributed by atoms with van der Waals surface area (Å²) in [5.41, 5.74) is 3.56. The monoisotopic (exact) mass is 389 g/mol. The van der Waals surface area contributed by atoms with Gasteiger partial charge in [0, 0.05) is 32.1 Å². The van der Waals surface area contributed by atoms with E-state index in [4.69, 9.17) is 0 Å². The zero-order chi connectivity index (χ0) is 18.1. The van der Waals surface area contributed by atoms with Crippen LogP contribution in [0.15, 0.2) is 18.2 Å². The van der Waals surface area contributed by atoms with Crippen molar-refractivity contribution in [3.8, 4) is 0 Å². The third kappa shape index (κ3) is 4.17. The van der Waals surface area contributed by atoms with E-state index in [0.29, 0.717) is 12.3 Å². The fourth-order valence-electron chi connectivity index (χ4n) is 4.07. The molecule has 2 aromatic rings. The molecular weight excluding hydrogens is 362 g/mol. The highest BCUT2D eigenvalue weighted by Crippen LogP contribution is 2.28. The van der Waals surface area contributed by atoms with E-state index in [9.17, 15) is 4.79 Å². The first-order chi connectivity index (χ1) is 12.6. The van der Waals surface area contributed by atoms with Crippen molar-refractivity contribution in [2.75, 3.05) is 19.6 Å². The predicted octanol–water partition coefficient (Wildman–Crippen LogP) is 2.37. The number of benzene rings is 1. The lowest BCUT2D eigenvalue weighted by Gasteiger charge is -2.32. The Bertz CT molecular complexity index is 811. The van der Waals surface area contributed by atoms with E-state index < -0.39 is 0 Å². The number of carbonyl (C=O) groups is 1. The third-order valence-corrected chi connectivity index (χ3v) is 5.71. The Balaban J connectivity index is 0.00000210. The molecule has 3 heterocycles. The van der Waals surface area contributed by atoms with Gasteiger partial charge in [0.1, 0.15) is 11.6 Å². The molecule has 7 heteroatoms. The molecular formula is C20H28ClN5O. The summed E-state index contributed by atoms with van der Waals surface area (Å²) >= 11 is 0. The fraction of sp³-hybridized carbons (Fsp3) is 0.550. The maximum absolute atomic E-state index is 12.7. The topological polar surface area (TPSA) is 63.1 Å². The van der Waals surface area contributed by atoms with E-state index >= 15 is 0 Å². The first kappa shape index (κ1) is 19.8. The van der Waals surface area contributed by atoms with Gasteiger partial charge < -0.3 is 14.8 Å². The average Bonchev–Trinajstić information content (AvgIpc) is 3.09. The summed E-state index contributed by atoms with van der Waals surface area (Å²) in [6, 6.07) is 6.34. The molecule has 0 spiro atoms. The van der Waals surface area contributed by atoms with E-state index in [1.165, 1.54) is 11.1 Å². The number of aryl methyl sites for hydroxylation is 2. The molecule has 1 saturated heterocycles. The Labute approximate surface area is 166 Å². The Kier molecular flexibility index (Phi) is 6.17. The number of nitrogens with one attached hydrogen (secondary N) is 1. The molecule has 146 valence electrons. The minimum Gasteiger partial charge on any atom is -0.342 e. The highest BCUT2D eigenvalue weighted by atomic mass is 35.5. The summed E-state index contributed by atoms with van der Waals surface area (Å²) in [6.07, 6.45) is 2.46. The second-order valence-corrected chi connectivity index (χ2v) is 7.56. The lowest BCUT2D eigenvalue weighted by molar-refractivity contribution is -0.131. The molecule has 6 nitrogen and oxygen atoms in total. The van der Waals surface area contributed by atoms with Crippen molar-refractivity contribution in [2.45, 2.75) is 52.1 Å². The Morgan fingerprint density at radius 3 is 2.74 bits per heavy atom. The maximum atomic E-state index is 12.7. The van der Waals surface area contributed by atoms with Crippen molar-refractivity contribution in [2.24, 2.45) is 0 Å². The quantitative estimate of drug-likeness (QED) is 0.875. The molecule has 1 aromatic heterocycles. The van der Waals surface area contributed by atoms with Crippen LogP contribution in [0.4, 0.5) is 0 Å². The van der Waals surface area contributed by atoms with Crippen LogP contribution in [0.1, 0.15) is 47.1 Å². The average molecular weight is 390 g/mol. The van der Waals surface area contributed by atoms with Gasteiger partial charge in [0.15, 0.2) is 0 Å². The van der Waals surface area contributed by atoms with Crippen molar-refractivity contribution in [3.05, 3.63) is 46.5 Å². The van der Waals surface area contributed by atoms with Gasteiger partial charge in [0.25, 0.3) is 0 Å². The molecule has 0 atom stereocenters. The zero-order valence-corrected chi connectivity index (χ0v) is 16.9. The van der Waals surface area contributed by atoms with Crippen LogP contribution in [0.3, 0.4) is 0 Å². The molecule has 1 amide bonds. The molecule has 0 saturated carbocycles. The lowest BCUT2D eigenvalue weighted by Crippen LogP contribution is -2.39. The van der Waals surface area contributed by atoms with Crippen LogP contribution in [0.25, 0.3) is 0 Å². The molecule has 1 N–H and O–H groups in total. The smallest absolute Gasteiger partial charge is 0.227 e. The summed E-state index contributed by atoms with van der Waals surface area (Å²) in [6.45, 7) is 8.52. The van der Waals surface area contributed by atoms with Crippen molar-refractivity contribution >= 4 is 18.3 Å². The Hall–Kier alpha value is -1.92. The van der Waals surface area contributed by atoms with Crippen LogP contribution in [-0.2, 0) is 24.3 Å². The molecule has 1 aromatic carbocycles. The SMILES string of the molecule is Cc1ccc(C)c(CC(=O)N2CCC(c3nnc4n3CCNC4)CC2)c1.Cl. The van der Waals surface area contributed by atoms with Crippen LogP contribution in [-0.4, -0.2) is 45.2 Å². The minimum absolute atomic E-state index is 0. The second kappa shape index (κ2) is 8.40. The van der Waals surface area contributed by atoms with Gasteiger partial charge in [-0.3, -0.25) is 4.79 Å². The van der Waals surface area contributed by atoms with Gasteiger partial charge in [0.2, 0.25) is 5.91 Å². The van der Waals surface area contributed by atoms with Crippen molar-refractivity contribution in [1.82, 2.24) is 25.0 Å². The molecule has 0 bridgehead atoms. The standard InChI is InChI=1S/C20H27N5O.ClH/c1-14-3-4-15(2)17(11-14)12-19(26)24-8-5-16(6-9-24)20-23-22-18-13-21-7-10-25(18)20;/h3-4,11,16,21H,5-10,12-13H2,1-2H3;1H. The minimum atomic E-state index is 0. The summed E-state index contributed by atoms with van der Waals surface area (Å²) in [4.78, 5) is 14.8. The van der Waals surface area contributed by atoms with Crippen LogP contribution >= 0.6 is 12.4 Å². The number of likely N-dealkylation sites (tertiary alicyclic amines) is 1. The normalized spacial score (nSPS) is 17.3. The number of aromatic nitrogens is 3. The first-order valence-corrected chi connectivity index (χ1v) is 9.58. The number of piperidine rings is 1. The van der Waals surface area contributed by atoms with Gasteiger partial charge in [-0.25, -0.2) is 0 Å². The summed E-state index contributed by atoms with van der Waals surface area (Å²) in [7, 11) is 0. The zero-order valence-electron chi connectivity index (χ0n) is 16.1. The molecule has 2 aliphatic heterocycles. The van der Waals surface area contributed by atoms with E-state index in [-0.39, 0.29) is 18.3 Å². The highest BCUT2D eigenvalue weighted by Gasteiger charge is 2.28.